The Hall–Kier alpha value is -2.83. The van der Waals surface area contributed by atoms with Crippen molar-refractivity contribution < 1.29 is 14.6 Å². The summed E-state index contributed by atoms with van der Waals surface area (Å²) in [5.41, 5.74) is 3.05. The summed E-state index contributed by atoms with van der Waals surface area (Å²) < 4.78 is 13.2. The quantitative estimate of drug-likeness (QED) is 0.753. The number of rotatable bonds is 5. The van der Waals surface area contributed by atoms with Crippen molar-refractivity contribution in [1.82, 2.24) is 14.5 Å². The van der Waals surface area contributed by atoms with E-state index in [9.17, 15) is 5.11 Å². The van der Waals surface area contributed by atoms with Gasteiger partial charge in [-0.05, 0) is 42.0 Å². The molecule has 0 saturated heterocycles. The molecule has 140 valence electrons. The lowest BCUT2D eigenvalue weighted by atomic mass is 10.1. The predicted octanol–water partition coefficient (Wildman–Crippen LogP) is 2.77. The second-order valence-corrected chi connectivity index (χ2v) is 6.57. The van der Waals surface area contributed by atoms with Gasteiger partial charge in [0.25, 0.3) is 0 Å². The highest BCUT2D eigenvalue weighted by molar-refractivity contribution is 5.39. The second-order valence-electron chi connectivity index (χ2n) is 6.57. The summed E-state index contributed by atoms with van der Waals surface area (Å²) in [4.78, 5) is 6.87. The van der Waals surface area contributed by atoms with E-state index < -0.39 is 0 Å². The number of nitrogens with zero attached hydrogens (tertiary/aromatic N) is 3. The minimum absolute atomic E-state index is 0.0369. The zero-order valence-corrected chi connectivity index (χ0v) is 15.3. The van der Waals surface area contributed by atoms with Gasteiger partial charge in [0.2, 0.25) is 0 Å². The van der Waals surface area contributed by atoms with Gasteiger partial charge in [-0.25, -0.2) is 4.98 Å². The fourth-order valence-electron chi connectivity index (χ4n) is 3.36. The highest BCUT2D eigenvalue weighted by atomic mass is 16.5. The lowest BCUT2D eigenvalue weighted by molar-refractivity contribution is 0.215. The molecule has 0 spiro atoms. The summed E-state index contributed by atoms with van der Waals surface area (Å²) in [5.74, 6) is 2.71. The maximum absolute atomic E-state index is 9.41. The first-order valence-electron chi connectivity index (χ1n) is 9.01. The number of hydrogen-bond acceptors (Lipinski definition) is 5. The van der Waals surface area contributed by atoms with Gasteiger partial charge in [0, 0.05) is 36.7 Å². The summed E-state index contributed by atoms with van der Waals surface area (Å²) in [6.07, 6.45) is 3.80. The van der Waals surface area contributed by atoms with Crippen LogP contribution in [-0.4, -0.2) is 39.8 Å². The van der Waals surface area contributed by atoms with Gasteiger partial charge in [-0.2, -0.15) is 0 Å². The van der Waals surface area contributed by atoms with E-state index in [1.807, 2.05) is 54.9 Å². The van der Waals surface area contributed by atoms with Gasteiger partial charge in [0.05, 0.1) is 20.3 Å². The van der Waals surface area contributed by atoms with Crippen LogP contribution < -0.4 is 9.47 Å². The molecule has 0 bridgehead atoms. The number of aliphatic hydroxyl groups is 1. The maximum atomic E-state index is 9.41. The SMILES string of the molecule is COc1ccc(-n2ccnc2CN2CCOc3ccc(CO)cc3C2)cc1. The molecule has 0 radical (unpaired) electrons. The molecule has 3 aromatic rings. The van der Waals surface area contributed by atoms with E-state index in [1.54, 1.807) is 7.11 Å². The van der Waals surface area contributed by atoms with Crippen LogP contribution in [0.25, 0.3) is 5.69 Å². The molecule has 1 aliphatic rings. The van der Waals surface area contributed by atoms with Crippen molar-refractivity contribution in [3.8, 4) is 17.2 Å². The van der Waals surface area contributed by atoms with Crippen molar-refractivity contribution in [2.75, 3.05) is 20.3 Å². The van der Waals surface area contributed by atoms with Gasteiger partial charge in [-0.3, -0.25) is 4.90 Å². The predicted molar refractivity (Wildman–Crippen MR) is 102 cm³/mol. The zero-order valence-electron chi connectivity index (χ0n) is 15.3. The first-order valence-corrected chi connectivity index (χ1v) is 9.01. The van der Waals surface area contributed by atoms with E-state index in [-0.39, 0.29) is 6.61 Å². The van der Waals surface area contributed by atoms with Crippen LogP contribution in [0.3, 0.4) is 0 Å². The number of methoxy groups -OCH3 is 1. The molecule has 1 aromatic heterocycles. The number of fused-ring (bicyclic) bond motifs is 1. The monoisotopic (exact) mass is 365 g/mol. The van der Waals surface area contributed by atoms with E-state index in [1.165, 1.54) is 0 Å². The van der Waals surface area contributed by atoms with Crippen LogP contribution in [0.5, 0.6) is 11.5 Å². The number of hydrogen-bond donors (Lipinski definition) is 1. The highest BCUT2D eigenvalue weighted by Crippen LogP contribution is 2.25. The summed E-state index contributed by atoms with van der Waals surface area (Å²) in [6.45, 7) is 2.96. The molecule has 0 amide bonds. The van der Waals surface area contributed by atoms with Crippen molar-refractivity contribution in [3.63, 3.8) is 0 Å². The highest BCUT2D eigenvalue weighted by Gasteiger charge is 2.18. The molecule has 1 N–H and O–H groups in total. The Balaban J connectivity index is 1.55. The van der Waals surface area contributed by atoms with Gasteiger partial charge in [-0.15, -0.1) is 0 Å². The Morgan fingerprint density at radius 2 is 2.04 bits per heavy atom. The normalized spacial score (nSPS) is 14.3. The number of benzene rings is 2. The molecule has 0 atom stereocenters. The fraction of sp³-hybridized carbons (Fsp3) is 0.286. The molecule has 6 nitrogen and oxygen atoms in total. The van der Waals surface area contributed by atoms with Crippen LogP contribution in [0.2, 0.25) is 0 Å². The van der Waals surface area contributed by atoms with Crippen LogP contribution >= 0.6 is 0 Å². The molecule has 0 unspecified atom stereocenters. The third-order valence-electron chi connectivity index (χ3n) is 4.80. The van der Waals surface area contributed by atoms with Gasteiger partial charge >= 0.3 is 0 Å². The van der Waals surface area contributed by atoms with E-state index in [4.69, 9.17) is 9.47 Å². The summed E-state index contributed by atoms with van der Waals surface area (Å²) >= 11 is 0. The van der Waals surface area contributed by atoms with Gasteiger partial charge in [-0.1, -0.05) is 6.07 Å². The smallest absolute Gasteiger partial charge is 0.127 e. The first kappa shape index (κ1) is 17.6. The number of aliphatic hydroxyl groups excluding tert-OH is 1. The molecule has 1 aliphatic heterocycles. The van der Waals surface area contributed by atoms with Crippen LogP contribution in [0, 0.1) is 0 Å². The molecule has 0 saturated carbocycles. The van der Waals surface area contributed by atoms with Gasteiger partial charge in [0.1, 0.15) is 23.9 Å². The Labute approximate surface area is 158 Å². The summed E-state index contributed by atoms with van der Waals surface area (Å²) in [6, 6.07) is 13.8. The lowest BCUT2D eigenvalue weighted by Crippen LogP contribution is -2.26. The summed E-state index contributed by atoms with van der Waals surface area (Å²) in [5, 5.41) is 9.41. The van der Waals surface area contributed by atoms with Gasteiger partial charge < -0.3 is 19.1 Å². The molecular formula is C21H23N3O3. The maximum Gasteiger partial charge on any atom is 0.127 e. The van der Waals surface area contributed by atoms with Crippen molar-refractivity contribution >= 4 is 0 Å². The van der Waals surface area contributed by atoms with Crippen molar-refractivity contribution in [3.05, 3.63) is 71.8 Å². The number of aromatic nitrogens is 2. The largest absolute Gasteiger partial charge is 0.497 e. The average Bonchev–Trinajstić information content (AvgIpc) is 3.07. The number of imidazole rings is 1. The molecule has 27 heavy (non-hydrogen) atoms. The molecular weight excluding hydrogens is 342 g/mol. The van der Waals surface area contributed by atoms with Crippen molar-refractivity contribution in [2.45, 2.75) is 19.7 Å². The third kappa shape index (κ3) is 3.82. The third-order valence-corrected chi connectivity index (χ3v) is 4.80. The van der Waals surface area contributed by atoms with E-state index >= 15 is 0 Å². The molecule has 0 aliphatic carbocycles. The van der Waals surface area contributed by atoms with Crippen molar-refractivity contribution in [1.29, 1.82) is 0 Å². The van der Waals surface area contributed by atoms with E-state index in [2.05, 4.69) is 14.5 Å². The van der Waals surface area contributed by atoms with Crippen LogP contribution in [0.1, 0.15) is 17.0 Å². The van der Waals surface area contributed by atoms with Gasteiger partial charge in [0.15, 0.2) is 0 Å². The van der Waals surface area contributed by atoms with E-state index in [0.717, 1.165) is 47.2 Å². The molecule has 6 heteroatoms. The first-order chi connectivity index (χ1) is 13.3. The Morgan fingerprint density at radius 1 is 1.19 bits per heavy atom. The lowest BCUT2D eigenvalue weighted by Gasteiger charge is -2.20. The van der Waals surface area contributed by atoms with E-state index in [0.29, 0.717) is 13.2 Å². The molecule has 2 heterocycles. The molecule has 4 rings (SSSR count). The minimum atomic E-state index is 0.0369. The Morgan fingerprint density at radius 3 is 2.81 bits per heavy atom. The summed E-state index contributed by atoms with van der Waals surface area (Å²) in [7, 11) is 1.67. The Kier molecular flexibility index (Phi) is 5.09. The Bertz CT molecular complexity index is 905. The number of ether oxygens (including phenoxy) is 2. The van der Waals surface area contributed by atoms with Crippen molar-refractivity contribution in [2.24, 2.45) is 0 Å². The topological polar surface area (TPSA) is 59.8 Å². The van der Waals surface area contributed by atoms with Crippen LogP contribution in [0.4, 0.5) is 0 Å². The zero-order chi connectivity index (χ0) is 18.6. The molecule has 2 aromatic carbocycles. The fourth-order valence-corrected chi connectivity index (χ4v) is 3.36. The van der Waals surface area contributed by atoms with Crippen LogP contribution in [-0.2, 0) is 19.7 Å². The second kappa shape index (κ2) is 7.82. The average molecular weight is 365 g/mol. The molecule has 0 fully saturated rings. The standard InChI is InChI=1S/C21H23N3O3/c1-26-19-5-3-18(4-6-19)24-9-8-22-21(24)14-23-10-11-27-20-7-2-16(15-25)12-17(20)13-23/h2-9,12,25H,10-11,13-15H2,1H3. The van der Waals surface area contributed by atoms with Crippen LogP contribution in [0.15, 0.2) is 54.9 Å². The minimum Gasteiger partial charge on any atom is -0.497 e.